The molecule has 0 spiro atoms. The zero-order valence-electron chi connectivity index (χ0n) is 15.3. The number of nitrogens with zero attached hydrogens (tertiary/aromatic N) is 2. The van der Waals surface area contributed by atoms with Crippen LogP contribution in [-0.2, 0) is 17.8 Å². The van der Waals surface area contributed by atoms with Gasteiger partial charge < -0.3 is 15.6 Å². The Bertz CT molecular complexity index is 715. The molecule has 0 bridgehead atoms. The minimum atomic E-state index is -0.478. The lowest BCUT2D eigenvalue weighted by Gasteiger charge is -2.18. The number of amides is 1. The summed E-state index contributed by atoms with van der Waals surface area (Å²) in [5, 5.41) is 2.90. The average Bonchev–Trinajstić information content (AvgIpc) is 3.05. The Morgan fingerprint density at radius 1 is 1.27 bits per heavy atom. The Labute approximate surface area is 167 Å². The number of fused-ring (bicyclic) bond motifs is 1. The molecule has 1 aromatic carbocycles. The second kappa shape index (κ2) is 9.95. The quantitative estimate of drug-likeness (QED) is 0.797. The van der Waals surface area contributed by atoms with Crippen molar-refractivity contribution in [1.82, 2.24) is 9.55 Å². The normalized spacial score (nSPS) is 15.0. The van der Waals surface area contributed by atoms with Crippen LogP contribution in [0.4, 0.5) is 5.69 Å². The van der Waals surface area contributed by atoms with Crippen molar-refractivity contribution >= 4 is 36.4 Å². The van der Waals surface area contributed by atoms with Crippen LogP contribution in [0.5, 0.6) is 0 Å². The number of carbonyl (C=O) groups is 1. The SMILES string of the molecule is CCC(C)C(N)C(=O)Nc1ccc(-c2ncc3n2CCCC3)cc1.Cl.Cl. The van der Waals surface area contributed by atoms with Crippen molar-refractivity contribution in [2.45, 2.75) is 52.1 Å². The molecule has 1 amide bonds. The highest BCUT2D eigenvalue weighted by Crippen LogP contribution is 2.25. The summed E-state index contributed by atoms with van der Waals surface area (Å²) in [4.78, 5) is 16.7. The lowest BCUT2D eigenvalue weighted by atomic mass is 9.99. The number of nitrogens with two attached hydrogens (primary N) is 1. The van der Waals surface area contributed by atoms with Crippen molar-refractivity contribution in [3.63, 3.8) is 0 Å². The molecule has 26 heavy (non-hydrogen) atoms. The second-order valence-corrected chi connectivity index (χ2v) is 6.66. The van der Waals surface area contributed by atoms with Crippen LogP contribution in [0.25, 0.3) is 11.4 Å². The van der Waals surface area contributed by atoms with Crippen molar-refractivity contribution in [2.75, 3.05) is 5.32 Å². The minimum Gasteiger partial charge on any atom is -0.328 e. The number of aromatic nitrogens is 2. The van der Waals surface area contributed by atoms with Gasteiger partial charge in [0.05, 0.1) is 6.04 Å². The van der Waals surface area contributed by atoms with E-state index in [1.807, 2.05) is 44.3 Å². The summed E-state index contributed by atoms with van der Waals surface area (Å²) in [7, 11) is 0. The first kappa shape index (κ1) is 22.5. The number of anilines is 1. The smallest absolute Gasteiger partial charge is 0.241 e. The summed E-state index contributed by atoms with van der Waals surface area (Å²) in [6.07, 6.45) is 6.42. The molecule has 2 atom stereocenters. The van der Waals surface area contributed by atoms with Crippen molar-refractivity contribution in [3.05, 3.63) is 36.2 Å². The van der Waals surface area contributed by atoms with Crippen LogP contribution in [0.2, 0.25) is 0 Å². The molecule has 144 valence electrons. The predicted molar refractivity (Wildman–Crippen MR) is 111 cm³/mol. The highest BCUT2D eigenvalue weighted by molar-refractivity contribution is 5.95. The summed E-state index contributed by atoms with van der Waals surface area (Å²) in [5.74, 6) is 1.05. The van der Waals surface area contributed by atoms with Crippen molar-refractivity contribution in [2.24, 2.45) is 11.7 Å². The van der Waals surface area contributed by atoms with Crippen LogP contribution in [0.1, 0.15) is 38.8 Å². The largest absolute Gasteiger partial charge is 0.328 e. The Morgan fingerprint density at radius 3 is 2.62 bits per heavy atom. The van der Waals surface area contributed by atoms with Gasteiger partial charge in [-0.15, -0.1) is 24.8 Å². The maximum absolute atomic E-state index is 12.2. The third-order valence-corrected chi connectivity index (χ3v) is 4.97. The topological polar surface area (TPSA) is 72.9 Å². The van der Waals surface area contributed by atoms with Crippen LogP contribution in [0.15, 0.2) is 30.5 Å². The fourth-order valence-electron chi connectivity index (χ4n) is 3.11. The third-order valence-electron chi connectivity index (χ3n) is 4.97. The van der Waals surface area contributed by atoms with E-state index in [0.29, 0.717) is 0 Å². The Kier molecular flexibility index (Phi) is 8.60. The first-order chi connectivity index (χ1) is 11.6. The van der Waals surface area contributed by atoms with Gasteiger partial charge in [-0.25, -0.2) is 4.98 Å². The first-order valence-electron chi connectivity index (χ1n) is 8.81. The van der Waals surface area contributed by atoms with Crippen LogP contribution in [0.3, 0.4) is 0 Å². The van der Waals surface area contributed by atoms with Crippen molar-refractivity contribution in [3.8, 4) is 11.4 Å². The first-order valence-corrected chi connectivity index (χ1v) is 8.81. The van der Waals surface area contributed by atoms with E-state index in [2.05, 4.69) is 14.9 Å². The molecule has 5 nitrogen and oxygen atoms in total. The number of imidazole rings is 1. The molecule has 0 saturated carbocycles. The number of nitrogens with one attached hydrogen (secondary N) is 1. The standard InChI is InChI=1S/C19H26N4O.2ClH/c1-3-13(2)17(20)19(24)22-15-9-7-14(8-10-15)18-21-12-16-6-4-5-11-23(16)18;;/h7-10,12-13,17H,3-6,11,20H2,1-2H3,(H,22,24);2*1H. The number of carbonyl (C=O) groups excluding carboxylic acids is 1. The van der Waals surface area contributed by atoms with Crippen molar-refractivity contribution in [1.29, 1.82) is 0 Å². The average molecular weight is 399 g/mol. The summed E-state index contributed by atoms with van der Waals surface area (Å²) in [5.41, 5.74) is 9.14. The predicted octanol–water partition coefficient (Wildman–Crippen LogP) is 4.04. The van der Waals surface area contributed by atoms with Gasteiger partial charge in [-0.2, -0.15) is 0 Å². The molecule has 0 saturated heterocycles. The number of benzene rings is 1. The monoisotopic (exact) mass is 398 g/mol. The van der Waals surface area contributed by atoms with E-state index in [9.17, 15) is 4.79 Å². The van der Waals surface area contributed by atoms with Gasteiger partial charge in [0.1, 0.15) is 5.82 Å². The van der Waals surface area contributed by atoms with Gasteiger partial charge in [0, 0.05) is 29.7 Å². The zero-order valence-corrected chi connectivity index (χ0v) is 16.9. The van der Waals surface area contributed by atoms with Crippen LogP contribution < -0.4 is 11.1 Å². The summed E-state index contributed by atoms with van der Waals surface area (Å²) in [6, 6.07) is 7.37. The summed E-state index contributed by atoms with van der Waals surface area (Å²) in [6.45, 7) is 5.07. The molecule has 0 radical (unpaired) electrons. The Morgan fingerprint density at radius 2 is 1.96 bits per heavy atom. The highest BCUT2D eigenvalue weighted by atomic mass is 35.5. The lowest BCUT2D eigenvalue weighted by Crippen LogP contribution is -2.40. The van der Waals surface area contributed by atoms with E-state index in [-0.39, 0.29) is 36.6 Å². The molecule has 7 heteroatoms. The number of aryl methyl sites for hydroxylation is 1. The number of rotatable bonds is 5. The molecule has 3 rings (SSSR count). The van der Waals surface area contributed by atoms with Gasteiger partial charge in [-0.1, -0.05) is 20.3 Å². The van der Waals surface area contributed by atoms with Crippen LogP contribution in [0, 0.1) is 5.92 Å². The lowest BCUT2D eigenvalue weighted by molar-refractivity contribution is -0.118. The minimum absolute atomic E-state index is 0. The van der Waals surface area contributed by atoms with E-state index >= 15 is 0 Å². The number of hydrogen-bond acceptors (Lipinski definition) is 3. The Hall–Kier alpha value is -1.56. The number of halogens is 2. The third kappa shape index (κ3) is 4.78. The van der Waals surface area contributed by atoms with Gasteiger partial charge >= 0.3 is 0 Å². The van der Waals surface area contributed by atoms with Crippen LogP contribution in [-0.4, -0.2) is 21.5 Å². The maximum Gasteiger partial charge on any atom is 0.241 e. The molecule has 0 fully saturated rings. The molecular weight excluding hydrogens is 371 g/mol. The number of hydrogen-bond donors (Lipinski definition) is 2. The molecular formula is C19H28Cl2N4O. The van der Waals surface area contributed by atoms with Crippen molar-refractivity contribution < 1.29 is 4.79 Å². The molecule has 1 aliphatic rings. The highest BCUT2D eigenvalue weighted by Gasteiger charge is 2.19. The van der Waals surface area contributed by atoms with E-state index in [1.54, 1.807) is 0 Å². The summed E-state index contributed by atoms with van der Waals surface area (Å²) >= 11 is 0. The molecule has 2 unspecified atom stereocenters. The zero-order chi connectivity index (χ0) is 17.1. The van der Waals surface area contributed by atoms with E-state index in [4.69, 9.17) is 5.73 Å². The fourth-order valence-corrected chi connectivity index (χ4v) is 3.11. The maximum atomic E-state index is 12.2. The van der Waals surface area contributed by atoms with E-state index in [0.717, 1.165) is 36.5 Å². The molecule has 2 heterocycles. The molecule has 1 aliphatic heterocycles. The van der Waals surface area contributed by atoms with Gasteiger partial charge in [0.2, 0.25) is 5.91 Å². The second-order valence-electron chi connectivity index (χ2n) is 6.66. The summed E-state index contributed by atoms with van der Waals surface area (Å²) < 4.78 is 2.30. The van der Waals surface area contributed by atoms with Gasteiger partial charge in [-0.3, -0.25) is 4.79 Å². The molecule has 3 N–H and O–H groups in total. The molecule has 2 aromatic rings. The van der Waals surface area contributed by atoms with Crippen LogP contribution >= 0.6 is 24.8 Å². The Balaban J connectivity index is 0.00000169. The fraction of sp³-hybridized carbons (Fsp3) is 0.474. The van der Waals surface area contributed by atoms with E-state index in [1.165, 1.54) is 18.5 Å². The molecule has 1 aromatic heterocycles. The molecule has 0 aliphatic carbocycles. The van der Waals surface area contributed by atoms with Gasteiger partial charge in [-0.05, 0) is 49.4 Å². The van der Waals surface area contributed by atoms with Gasteiger partial charge in [0.25, 0.3) is 0 Å². The van der Waals surface area contributed by atoms with E-state index < -0.39 is 6.04 Å². The van der Waals surface area contributed by atoms with Gasteiger partial charge in [0.15, 0.2) is 0 Å².